The molecule has 0 saturated carbocycles. The van der Waals surface area contributed by atoms with Gasteiger partial charge in [0.2, 0.25) is 0 Å². The maximum Gasteiger partial charge on any atom is 0.252 e. The molecule has 4 rings (SSSR count). The van der Waals surface area contributed by atoms with E-state index in [0.717, 1.165) is 40.7 Å². The van der Waals surface area contributed by atoms with Crippen molar-refractivity contribution in [3.8, 4) is 0 Å². The first-order valence-corrected chi connectivity index (χ1v) is 12.1. The zero-order valence-electron chi connectivity index (χ0n) is 21.0. The highest BCUT2D eigenvalue weighted by Crippen LogP contribution is 2.30. The van der Waals surface area contributed by atoms with Gasteiger partial charge in [0.1, 0.15) is 5.82 Å². The van der Waals surface area contributed by atoms with Crippen molar-refractivity contribution < 1.29 is 4.39 Å². The molecule has 2 aromatic carbocycles. The van der Waals surface area contributed by atoms with Gasteiger partial charge in [0.05, 0.1) is 11.6 Å². The molecule has 184 valence electrons. The van der Waals surface area contributed by atoms with Gasteiger partial charge < -0.3 is 4.98 Å². The highest BCUT2D eigenvalue weighted by molar-refractivity contribution is 5.79. The molecule has 0 unspecified atom stereocenters. The third kappa shape index (κ3) is 5.65. The number of hydrogen-bond acceptors (Lipinski definition) is 5. The van der Waals surface area contributed by atoms with E-state index in [4.69, 9.17) is 0 Å². The number of benzene rings is 2. The zero-order chi connectivity index (χ0) is 25.2. The first kappa shape index (κ1) is 24.7. The van der Waals surface area contributed by atoms with E-state index in [1.165, 1.54) is 12.1 Å². The summed E-state index contributed by atoms with van der Waals surface area (Å²) in [5.41, 5.74) is 3.15. The normalized spacial score (nSPS) is 13.0. The molecule has 0 amide bonds. The molecule has 1 atom stereocenters. The molecule has 2 aromatic heterocycles. The van der Waals surface area contributed by atoms with Gasteiger partial charge in [0.15, 0.2) is 5.82 Å². The summed E-state index contributed by atoms with van der Waals surface area (Å²) in [7, 11) is 0. The molecule has 0 fully saturated rings. The predicted octanol–water partition coefficient (Wildman–Crippen LogP) is 5.26. The fourth-order valence-electron chi connectivity index (χ4n) is 4.44. The molecule has 0 radical (unpaired) electrons. The highest BCUT2D eigenvalue weighted by Gasteiger charge is 2.30. The molecule has 0 aliphatic carbocycles. The molecule has 0 spiro atoms. The van der Waals surface area contributed by atoms with Crippen LogP contribution in [0.5, 0.6) is 0 Å². The molecule has 35 heavy (non-hydrogen) atoms. The second kappa shape index (κ2) is 10.1. The fraction of sp³-hybridized carbons (Fsp3) is 0.407. The van der Waals surface area contributed by atoms with Crippen molar-refractivity contribution in [3.63, 3.8) is 0 Å². The number of aryl methyl sites for hydroxylation is 1. The maximum absolute atomic E-state index is 13.6. The van der Waals surface area contributed by atoms with Gasteiger partial charge in [-0.2, -0.15) is 0 Å². The van der Waals surface area contributed by atoms with Crippen LogP contribution in [0.1, 0.15) is 69.1 Å². The Bertz CT molecular complexity index is 1350. The molecule has 4 aromatic rings. The number of pyridine rings is 1. The Morgan fingerprint density at radius 1 is 1.09 bits per heavy atom. The Kier molecular flexibility index (Phi) is 7.12. The van der Waals surface area contributed by atoms with Crippen LogP contribution < -0.4 is 5.56 Å². The lowest BCUT2D eigenvalue weighted by Crippen LogP contribution is -2.35. The summed E-state index contributed by atoms with van der Waals surface area (Å²) in [5, 5.41) is 13.7. The minimum absolute atomic E-state index is 0.115. The van der Waals surface area contributed by atoms with Crippen LogP contribution in [0, 0.1) is 12.7 Å². The quantitative estimate of drug-likeness (QED) is 0.375. The Morgan fingerprint density at radius 2 is 1.83 bits per heavy atom. The number of aromatic amines is 1. The van der Waals surface area contributed by atoms with Crippen molar-refractivity contribution in [2.24, 2.45) is 0 Å². The number of hydrogen-bond donors (Lipinski definition) is 1. The standard InChI is InChI=1S/C27H33FN6O/c1-6-7-24(25-30-31-32-34(25)27(3,4)5)33(16-19-9-11-22(28)12-10-19)17-21-15-20-14-18(2)8-13-23(20)29-26(21)35/h8-15,24H,6-7,16-17H2,1-5H3,(H,29,35)/t24-/m0/s1. The number of nitrogens with one attached hydrogen (secondary N) is 1. The lowest BCUT2D eigenvalue weighted by atomic mass is 10.0. The van der Waals surface area contributed by atoms with Crippen LogP contribution in [-0.2, 0) is 18.6 Å². The second-order valence-electron chi connectivity index (χ2n) is 10.2. The van der Waals surface area contributed by atoms with Crippen molar-refractivity contribution >= 4 is 10.9 Å². The van der Waals surface area contributed by atoms with Crippen molar-refractivity contribution in [3.05, 3.63) is 87.2 Å². The second-order valence-corrected chi connectivity index (χ2v) is 10.2. The van der Waals surface area contributed by atoms with Crippen LogP contribution >= 0.6 is 0 Å². The van der Waals surface area contributed by atoms with E-state index in [1.54, 1.807) is 12.1 Å². The van der Waals surface area contributed by atoms with Crippen LogP contribution in [0.3, 0.4) is 0 Å². The number of tetrazole rings is 1. The third-order valence-electron chi connectivity index (χ3n) is 6.18. The van der Waals surface area contributed by atoms with Gasteiger partial charge in [-0.3, -0.25) is 9.69 Å². The average molecular weight is 477 g/mol. The van der Waals surface area contributed by atoms with E-state index < -0.39 is 0 Å². The lowest BCUT2D eigenvalue weighted by Gasteiger charge is -2.33. The first-order chi connectivity index (χ1) is 16.7. The smallest absolute Gasteiger partial charge is 0.252 e. The molecule has 1 N–H and O–H groups in total. The van der Waals surface area contributed by atoms with Crippen LogP contribution in [-0.4, -0.2) is 30.1 Å². The molecule has 0 aliphatic rings. The Labute approximate surface area is 205 Å². The van der Waals surface area contributed by atoms with Gasteiger partial charge in [-0.15, -0.1) is 5.10 Å². The van der Waals surface area contributed by atoms with E-state index in [0.29, 0.717) is 18.7 Å². The Morgan fingerprint density at radius 3 is 2.51 bits per heavy atom. The van der Waals surface area contributed by atoms with E-state index in [9.17, 15) is 9.18 Å². The molecule has 2 heterocycles. The largest absolute Gasteiger partial charge is 0.322 e. The van der Waals surface area contributed by atoms with Crippen molar-refractivity contribution in [2.45, 2.75) is 72.1 Å². The summed E-state index contributed by atoms with van der Waals surface area (Å²) in [6, 6.07) is 14.3. The summed E-state index contributed by atoms with van der Waals surface area (Å²) < 4.78 is 15.5. The summed E-state index contributed by atoms with van der Waals surface area (Å²) in [4.78, 5) is 18.3. The minimum atomic E-state index is -0.301. The number of nitrogens with zero attached hydrogens (tertiary/aromatic N) is 5. The maximum atomic E-state index is 13.6. The van der Waals surface area contributed by atoms with Gasteiger partial charge in [0.25, 0.3) is 5.56 Å². The molecular formula is C27H33FN6O. The van der Waals surface area contributed by atoms with Gasteiger partial charge in [0, 0.05) is 24.2 Å². The van der Waals surface area contributed by atoms with Gasteiger partial charge in [-0.25, -0.2) is 9.07 Å². The lowest BCUT2D eigenvalue weighted by molar-refractivity contribution is 0.148. The molecule has 7 nitrogen and oxygen atoms in total. The summed E-state index contributed by atoms with van der Waals surface area (Å²) >= 11 is 0. The highest BCUT2D eigenvalue weighted by atomic mass is 19.1. The SMILES string of the molecule is CCC[C@@H](c1nnnn1C(C)(C)C)N(Cc1ccc(F)cc1)Cc1cc2cc(C)ccc2[nH]c1=O. The Balaban J connectivity index is 1.79. The zero-order valence-corrected chi connectivity index (χ0v) is 21.0. The van der Waals surface area contributed by atoms with Crippen molar-refractivity contribution in [1.82, 2.24) is 30.1 Å². The summed E-state index contributed by atoms with van der Waals surface area (Å²) in [6.45, 7) is 11.3. The van der Waals surface area contributed by atoms with Gasteiger partial charge >= 0.3 is 0 Å². The van der Waals surface area contributed by atoms with Crippen LogP contribution in [0.2, 0.25) is 0 Å². The van der Waals surface area contributed by atoms with Crippen molar-refractivity contribution in [1.29, 1.82) is 0 Å². The minimum Gasteiger partial charge on any atom is -0.322 e. The van der Waals surface area contributed by atoms with Crippen LogP contribution in [0.15, 0.2) is 53.3 Å². The van der Waals surface area contributed by atoms with Gasteiger partial charge in [-0.05, 0) is 85.8 Å². The molecular weight excluding hydrogens is 443 g/mol. The first-order valence-electron chi connectivity index (χ1n) is 12.1. The molecule has 0 saturated heterocycles. The van der Waals surface area contributed by atoms with Crippen LogP contribution in [0.4, 0.5) is 4.39 Å². The fourth-order valence-corrected chi connectivity index (χ4v) is 4.44. The molecule has 8 heteroatoms. The number of H-pyrrole nitrogens is 1. The third-order valence-corrected chi connectivity index (χ3v) is 6.18. The van der Waals surface area contributed by atoms with Gasteiger partial charge in [-0.1, -0.05) is 37.1 Å². The average Bonchev–Trinajstić information content (AvgIpc) is 3.29. The summed E-state index contributed by atoms with van der Waals surface area (Å²) in [6.07, 6.45) is 1.72. The van der Waals surface area contributed by atoms with E-state index in [2.05, 4.69) is 59.2 Å². The number of aromatic nitrogens is 5. The predicted molar refractivity (Wildman–Crippen MR) is 135 cm³/mol. The van der Waals surface area contributed by atoms with Crippen LogP contribution in [0.25, 0.3) is 10.9 Å². The molecule has 0 bridgehead atoms. The summed E-state index contributed by atoms with van der Waals surface area (Å²) in [5.74, 6) is 0.484. The Hall–Kier alpha value is -3.39. The number of fused-ring (bicyclic) bond motifs is 1. The van der Waals surface area contributed by atoms with E-state index in [-0.39, 0.29) is 23.0 Å². The van der Waals surface area contributed by atoms with Crippen molar-refractivity contribution in [2.75, 3.05) is 0 Å². The number of rotatable bonds is 8. The molecule has 0 aliphatic heterocycles. The van der Waals surface area contributed by atoms with E-state index >= 15 is 0 Å². The monoisotopic (exact) mass is 476 g/mol. The van der Waals surface area contributed by atoms with E-state index in [1.807, 2.05) is 29.8 Å². The number of halogens is 1. The topological polar surface area (TPSA) is 79.7 Å².